The maximum atomic E-state index is 11.9. The van der Waals surface area contributed by atoms with Crippen LogP contribution in [0.25, 0.3) is 0 Å². The van der Waals surface area contributed by atoms with E-state index in [0.717, 1.165) is 6.07 Å². The van der Waals surface area contributed by atoms with E-state index in [-0.39, 0.29) is 5.82 Å². The van der Waals surface area contributed by atoms with E-state index in [0.29, 0.717) is 6.20 Å². The van der Waals surface area contributed by atoms with E-state index in [1.54, 1.807) is 0 Å². The van der Waals surface area contributed by atoms with Crippen LogP contribution in [-0.2, 0) is 0 Å². The molecule has 98 valence electrons. The summed E-state index contributed by atoms with van der Waals surface area (Å²) in [6, 6.07) is 0.837. The van der Waals surface area contributed by atoms with Gasteiger partial charge < -0.3 is 11.1 Å². The highest BCUT2D eigenvalue weighted by atomic mass is 19.4. The van der Waals surface area contributed by atoms with Gasteiger partial charge in [-0.25, -0.2) is 4.98 Å². The molecule has 0 atom stereocenters. The molecule has 0 saturated heterocycles. The first-order valence-electron chi connectivity index (χ1n) is 4.45. The Morgan fingerprint density at radius 1 is 1.56 bits per heavy atom. The molecular weight excluding hydrogens is 257 g/mol. The third kappa shape index (κ3) is 3.57. The van der Waals surface area contributed by atoms with Crippen LogP contribution >= 0.6 is 0 Å². The average Bonchev–Trinajstić information content (AvgIpc) is 2.24. The first-order chi connectivity index (χ1) is 8.20. The van der Waals surface area contributed by atoms with Crippen molar-refractivity contribution in [3.8, 4) is 0 Å². The molecule has 1 amide bonds. The Morgan fingerprint density at radius 3 is 2.67 bits per heavy atom. The molecule has 0 unspecified atom stereocenters. The number of nitrogens with one attached hydrogen (secondary N) is 1. The summed E-state index contributed by atoms with van der Waals surface area (Å²) >= 11 is 0. The number of hydrogen-bond donors (Lipinski definition) is 2. The van der Waals surface area contributed by atoms with E-state index in [2.05, 4.69) is 4.98 Å². The number of nitrogens with two attached hydrogens (primary N) is 1. The number of amides is 1. The SMILES string of the molecule is Nc1cc(C(=O)NCC(F)(F)F)c([N+](=O)[O-])cn1. The van der Waals surface area contributed by atoms with Gasteiger partial charge in [-0.1, -0.05) is 0 Å². The standard InChI is InChI=1S/C8H7F3N4O3/c9-8(10,11)3-14-7(16)4-1-6(12)13-2-5(4)15(17)18/h1-2H,3H2,(H2,12,13)(H,14,16). The van der Waals surface area contributed by atoms with Crippen LogP contribution in [0, 0.1) is 10.1 Å². The molecule has 3 N–H and O–H groups in total. The molecule has 1 aromatic heterocycles. The Labute approximate surface area is 97.9 Å². The van der Waals surface area contributed by atoms with Crippen molar-refractivity contribution in [2.75, 3.05) is 12.3 Å². The van der Waals surface area contributed by atoms with Crippen LogP contribution in [0.1, 0.15) is 10.4 Å². The molecule has 0 aromatic carbocycles. The first-order valence-corrected chi connectivity index (χ1v) is 4.45. The van der Waals surface area contributed by atoms with Gasteiger partial charge in [0.25, 0.3) is 11.6 Å². The summed E-state index contributed by atoms with van der Waals surface area (Å²) in [5.41, 5.74) is 3.92. The summed E-state index contributed by atoms with van der Waals surface area (Å²) in [5.74, 6) is -1.45. The lowest BCUT2D eigenvalue weighted by molar-refractivity contribution is -0.385. The number of carbonyl (C=O) groups excluding carboxylic acids is 1. The number of pyridine rings is 1. The normalized spacial score (nSPS) is 11.1. The molecule has 0 aliphatic carbocycles. The van der Waals surface area contributed by atoms with Crippen molar-refractivity contribution in [2.45, 2.75) is 6.18 Å². The second-order valence-electron chi connectivity index (χ2n) is 3.18. The van der Waals surface area contributed by atoms with Crippen LogP contribution in [0.5, 0.6) is 0 Å². The van der Waals surface area contributed by atoms with E-state index < -0.39 is 34.8 Å². The van der Waals surface area contributed by atoms with Crippen molar-refractivity contribution in [1.29, 1.82) is 0 Å². The van der Waals surface area contributed by atoms with Gasteiger partial charge in [-0.05, 0) is 6.07 Å². The van der Waals surface area contributed by atoms with Gasteiger partial charge in [-0.3, -0.25) is 14.9 Å². The lowest BCUT2D eigenvalue weighted by Gasteiger charge is -2.08. The van der Waals surface area contributed by atoms with E-state index in [4.69, 9.17) is 5.73 Å². The van der Waals surface area contributed by atoms with Crippen molar-refractivity contribution in [2.24, 2.45) is 0 Å². The zero-order chi connectivity index (χ0) is 13.9. The molecular formula is C8H7F3N4O3. The highest BCUT2D eigenvalue weighted by Gasteiger charge is 2.29. The number of carbonyl (C=O) groups is 1. The molecule has 0 bridgehead atoms. The number of alkyl halides is 3. The molecule has 0 saturated carbocycles. The van der Waals surface area contributed by atoms with Crippen molar-refractivity contribution >= 4 is 17.4 Å². The Kier molecular flexibility index (Phi) is 3.69. The zero-order valence-corrected chi connectivity index (χ0v) is 8.69. The minimum absolute atomic E-state index is 0.210. The molecule has 0 fully saturated rings. The third-order valence-corrected chi connectivity index (χ3v) is 1.79. The van der Waals surface area contributed by atoms with Gasteiger partial charge in [-0.2, -0.15) is 13.2 Å². The van der Waals surface area contributed by atoms with Gasteiger partial charge >= 0.3 is 6.18 Å². The predicted octanol–water partition coefficient (Wildman–Crippen LogP) is 0.864. The van der Waals surface area contributed by atoms with Crippen LogP contribution in [-0.4, -0.2) is 28.5 Å². The summed E-state index contributed by atoms with van der Waals surface area (Å²) in [6.07, 6.45) is -3.90. The number of hydrogen-bond acceptors (Lipinski definition) is 5. The maximum absolute atomic E-state index is 11.9. The van der Waals surface area contributed by atoms with Crippen molar-refractivity contribution in [1.82, 2.24) is 10.3 Å². The van der Waals surface area contributed by atoms with E-state index in [9.17, 15) is 28.1 Å². The summed E-state index contributed by atoms with van der Waals surface area (Å²) < 4.78 is 35.7. The number of halogens is 3. The molecule has 18 heavy (non-hydrogen) atoms. The average molecular weight is 264 g/mol. The highest BCUT2D eigenvalue weighted by Crippen LogP contribution is 2.19. The highest BCUT2D eigenvalue weighted by molar-refractivity contribution is 5.98. The Morgan fingerprint density at radius 2 is 2.17 bits per heavy atom. The molecule has 0 aliphatic rings. The van der Waals surface area contributed by atoms with Gasteiger partial charge in [0.2, 0.25) is 0 Å². The number of nitro groups is 1. The van der Waals surface area contributed by atoms with Crippen LogP contribution in [0.15, 0.2) is 12.3 Å². The number of aromatic nitrogens is 1. The molecule has 0 radical (unpaired) electrons. The molecule has 0 aliphatic heterocycles. The monoisotopic (exact) mass is 264 g/mol. The largest absolute Gasteiger partial charge is 0.405 e. The summed E-state index contributed by atoms with van der Waals surface area (Å²) in [4.78, 5) is 24.4. The van der Waals surface area contributed by atoms with Crippen molar-refractivity contribution < 1.29 is 22.9 Å². The van der Waals surface area contributed by atoms with Crippen LogP contribution in [0.3, 0.4) is 0 Å². The van der Waals surface area contributed by atoms with E-state index >= 15 is 0 Å². The van der Waals surface area contributed by atoms with Crippen LogP contribution in [0.4, 0.5) is 24.7 Å². The third-order valence-electron chi connectivity index (χ3n) is 1.79. The smallest absolute Gasteiger partial charge is 0.384 e. The second kappa shape index (κ2) is 4.85. The van der Waals surface area contributed by atoms with E-state index in [1.165, 1.54) is 5.32 Å². The quantitative estimate of drug-likeness (QED) is 0.621. The van der Waals surface area contributed by atoms with E-state index in [1.807, 2.05) is 0 Å². The Balaban J connectivity index is 2.97. The lowest BCUT2D eigenvalue weighted by Crippen LogP contribution is -2.34. The van der Waals surface area contributed by atoms with Crippen LogP contribution < -0.4 is 11.1 Å². The number of nitrogen functional groups attached to an aromatic ring is 1. The summed E-state index contributed by atoms with van der Waals surface area (Å²) in [7, 11) is 0. The molecule has 10 heteroatoms. The maximum Gasteiger partial charge on any atom is 0.405 e. The van der Waals surface area contributed by atoms with Crippen LogP contribution in [0.2, 0.25) is 0 Å². The van der Waals surface area contributed by atoms with Gasteiger partial charge in [0.15, 0.2) is 0 Å². The van der Waals surface area contributed by atoms with Crippen molar-refractivity contribution in [3.05, 3.63) is 27.9 Å². The first kappa shape index (κ1) is 13.7. The lowest BCUT2D eigenvalue weighted by atomic mass is 10.2. The van der Waals surface area contributed by atoms with Gasteiger partial charge in [0.05, 0.1) is 4.92 Å². The van der Waals surface area contributed by atoms with Gasteiger partial charge in [0.1, 0.15) is 24.1 Å². The molecule has 0 spiro atoms. The topological polar surface area (TPSA) is 111 Å². The minimum atomic E-state index is -4.61. The zero-order valence-electron chi connectivity index (χ0n) is 8.69. The molecule has 1 heterocycles. The molecule has 1 rings (SSSR count). The Bertz CT molecular complexity index is 489. The Hall–Kier alpha value is -2.39. The molecule has 1 aromatic rings. The van der Waals surface area contributed by atoms with Gasteiger partial charge in [-0.15, -0.1) is 0 Å². The summed E-state index contributed by atoms with van der Waals surface area (Å²) in [5, 5.41) is 12.1. The fourth-order valence-electron chi connectivity index (χ4n) is 1.07. The fourth-order valence-corrected chi connectivity index (χ4v) is 1.07. The molecule has 7 nitrogen and oxygen atoms in total. The fraction of sp³-hybridized carbons (Fsp3) is 0.250. The second-order valence-corrected chi connectivity index (χ2v) is 3.18. The van der Waals surface area contributed by atoms with Gasteiger partial charge in [0, 0.05) is 0 Å². The minimum Gasteiger partial charge on any atom is -0.384 e. The predicted molar refractivity (Wildman–Crippen MR) is 53.7 cm³/mol. The number of rotatable bonds is 3. The number of anilines is 1. The summed E-state index contributed by atoms with van der Waals surface area (Å²) in [6.45, 7) is -1.59. The number of nitrogens with zero attached hydrogens (tertiary/aromatic N) is 2. The van der Waals surface area contributed by atoms with Crippen molar-refractivity contribution in [3.63, 3.8) is 0 Å².